The van der Waals surface area contributed by atoms with Crippen molar-refractivity contribution in [2.45, 2.75) is 26.2 Å². The Balaban J connectivity index is 4.49. The third kappa shape index (κ3) is 6.81. The maximum absolute atomic E-state index is 13.5. The summed E-state index contributed by atoms with van der Waals surface area (Å²) in [5, 5.41) is 3.44. The molecular weight excluding hydrogens is 274 g/mol. The lowest BCUT2D eigenvalue weighted by Crippen LogP contribution is -2.29. The third-order valence-electron chi connectivity index (χ3n) is 2.37. The average Bonchev–Trinajstić information content (AvgIpc) is 2.43. The van der Waals surface area contributed by atoms with Gasteiger partial charge < -0.3 is 9.57 Å². The first kappa shape index (κ1) is 18.0. The summed E-state index contributed by atoms with van der Waals surface area (Å²) >= 11 is 0. The van der Waals surface area contributed by atoms with E-state index in [0.717, 1.165) is 4.90 Å². The van der Waals surface area contributed by atoms with Crippen LogP contribution in [-0.4, -0.2) is 43.9 Å². The number of allylic oxidation sites excluding steroid dienone is 1. The first-order chi connectivity index (χ1) is 9.46. The Kier molecular flexibility index (Phi) is 8.89. The second-order valence-corrected chi connectivity index (χ2v) is 3.79. The lowest BCUT2D eigenvalue weighted by atomic mass is 10.2. The molecule has 6 nitrogen and oxygen atoms in total. The fourth-order valence-corrected chi connectivity index (χ4v) is 1.27. The van der Waals surface area contributed by atoms with Gasteiger partial charge >= 0.3 is 5.97 Å². The lowest BCUT2D eigenvalue weighted by molar-refractivity contribution is -0.140. The van der Waals surface area contributed by atoms with Gasteiger partial charge in [0.15, 0.2) is 5.83 Å². The molecule has 0 fully saturated rings. The molecule has 0 unspecified atom stereocenters. The second-order valence-electron chi connectivity index (χ2n) is 3.79. The molecule has 0 N–H and O–H groups in total. The first-order valence-electron chi connectivity index (χ1n) is 5.85. The van der Waals surface area contributed by atoms with Crippen molar-refractivity contribution in [2.75, 3.05) is 20.8 Å². The molecule has 0 bridgehead atoms. The Labute approximate surface area is 116 Å². The van der Waals surface area contributed by atoms with Crippen LogP contribution in [-0.2, 0) is 19.2 Å². The number of rotatable bonds is 8. The zero-order chi connectivity index (χ0) is 15.5. The zero-order valence-corrected chi connectivity index (χ0v) is 11.7. The minimum absolute atomic E-state index is 0.00123. The highest BCUT2D eigenvalue weighted by molar-refractivity contribution is 5.88. The monoisotopic (exact) mass is 292 g/mol. The minimum Gasteiger partial charge on any atom is -0.469 e. The van der Waals surface area contributed by atoms with Crippen molar-refractivity contribution < 1.29 is 27.9 Å². The zero-order valence-electron chi connectivity index (χ0n) is 11.7. The van der Waals surface area contributed by atoms with Gasteiger partial charge in [0.2, 0.25) is 6.41 Å². The number of nitrogens with zero attached hydrogens (tertiary/aromatic N) is 2. The first-order valence-corrected chi connectivity index (χ1v) is 5.85. The molecule has 0 rings (SSSR count). The second kappa shape index (κ2) is 9.88. The summed E-state index contributed by atoms with van der Waals surface area (Å²) in [6.45, 7) is 0.840. The van der Waals surface area contributed by atoms with Crippen molar-refractivity contribution in [3.05, 3.63) is 11.7 Å². The van der Waals surface area contributed by atoms with Gasteiger partial charge in [0, 0.05) is 12.8 Å². The molecule has 8 heteroatoms. The molecular formula is C12H18F2N2O4. The summed E-state index contributed by atoms with van der Waals surface area (Å²) in [4.78, 5) is 26.8. The summed E-state index contributed by atoms with van der Waals surface area (Å²) < 4.78 is 31.3. The van der Waals surface area contributed by atoms with E-state index in [1.807, 2.05) is 0 Å². The van der Waals surface area contributed by atoms with Gasteiger partial charge in [-0.05, 0) is 13.3 Å². The van der Waals surface area contributed by atoms with Gasteiger partial charge in [0.25, 0.3) is 0 Å². The van der Waals surface area contributed by atoms with Crippen LogP contribution in [0.1, 0.15) is 26.2 Å². The molecule has 0 aromatic rings. The Morgan fingerprint density at radius 2 is 1.90 bits per heavy atom. The Bertz CT molecular complexity index is 397. The Morgan fingerprint density at radius 1 is 1.25 bits per heavy atom. The topological polar surface area (TPSA) is 68.2 Å². The Morgan fingerprint density at radius 3 is 2.40 bits per heavy atom. The van der Waals surface area contributed by atoms with Crippen molar-refractivity contribution in [1.82, 2.24) is 4.90 Å². The van der Waals surface area contributed by atoms with E-state index in [0.29, 0.717) is 6.41 Å². The summed E-state index contributed by atoms with van der Waals surface area (Å²) in [5.74, 6) is -2.49. The number of amides is 1. The van der Waals surface area contributed by atoms with Crippen LogP contribution in [0.15, 0.2) is 16.8 Å². The van der Waals surface area contributed by atoms with Crippen LogP contribution < -0.4 is 0 Å². The normalized spacial score (nSPS) is 12.6. The van der Waals surface area contributed by atoms with Crippen LogP contribution in [0, 0.1) is 0 Å². The number of ether oxygens (including phenoxy) is 1. The van der Waals surface area contributed by atoms with E-state index < -0.39 is 24.2 Å². The molecule has 114 valence electrons. The highest BCUT2D eigenvalue weighted by Crippen LogP contribution is 2.16. The van der Waals surface area contributed by atoms with Crippen molar-refractivity contribution in [3.63, 3.8) is 0 Å². The number of halogens is 2. The van der Waals surface area contributed by atoms with Gasteiger partial charge in [0.05, 0.1) is 13.7 Å². The van der Waals surface area contributed by atoms with Gasteiger partial charge in [0.1, 0.15) is 18.8 Å². The Hall–Kier alpha value is -1.99. The third-order valence-corrected chi connectivity index (χ3v) is 2.37. The van der Waals surface area contributed by atoms with Gasteiger partial charge in [-0.3, -0.25) is 14.5 Å². The van der Waals surface area contributed by atoms with E-state index in [1.165, 1.54) is 21.1 Å². The standard InChI is InChI=1S/C12H18F2N2O4/c1-9(15-20-3)16(8-17)7-11(14)10(13)5-4-6-12(18)19-2/h8H,4-7H2,1-3H3/b11-10-,15-9-. The molecule has 20 heavy (non-hydrogen) atoms. The summed E-state index contributed by atoms with van der Waals surface area (Å²) in [6.07, 6.45) is 0.199. The summed E-state index contributed by atoms with van der Waals surface area (Å²) in [7, 11) is 2.49. The number of amidine groups is 1. The predicted molar refractivity (Wildman–Crippen MR) is 68.0 cm³/mol. The average molecular weight is 292 g/mol. The SMILES string of the molecule is CO/N=C(/C)N(C=O)C/C(F)=C(/F)CCCC(=O)OC. The quantitative estimate of drug-likeness (QED) is 0.225. The fraction of sp³-hybridized carbons (Fsp3) is 0.583. The maximum Gasteiger partial charge on any atom is 0.305 e. The minimum atomic E-state index is -1.09. The van der Waals surface area contributed by atoms with Crippen LogP contribution in [0.2, 0.25) is 0 Å². The van der Waals surface area contributed by atoms with Crippen molar-refractivity contribution in [1.29, 1.82) is 0 Å². The molecule has 0 aromatic heterocycles. The molecule has 0 aliphatic heterocycles. The van der Waals surface area contributed by atoms with E-state index in [9.17, 15) is 18.4 Å². The highest BCUT2D eigenvalue weighted by Gasteiger charge is 2.14. The van der Waals surface area contributed by atoms with Crippen LogP contribution in [0.4, 0.5) is 8.78 Å². The molecule has 0 saturated heterocycles. The van der Waals surface area contributed by atoms with Gasteiger partial charge in [-0.15, -0.1) is 0 Å². The number of esters is 1. The molecule has 0 spiro atoms. The lowest BCUT2D eigenvalue weighted by Gasteiger charge is -2.14. The number of hydrogen-bond acceptors (Lipinski definition) is 5. The van der Waals surface area contributed by atoms with Gasteiger partial charge in [-0.2, -0.15) is 0 Å². The maximum atomic E-state index is 13.5. The van der Waals surface area contributed by atoms with Gasteiger partial charge in [-0.1, -0.05) is 5.16 Å². The van der Waals surface area contributed by atoms with Crippen molar-refractivity contribution >= 4 is 18.2 Å². The molecule has 0 saturated carbocycles. The van der Waals surface area contributed by atoms with E-state index in [4.69, 9.17) is 0 Å². The number of carbonyl (C=O) groups is 2. The molecule has 0 radical (unpaired) electrons. The molecule has 0 atom stereocenters. The van der Waals surface area contributed by atoms with Crippen molar-refractivity contribution in [2.24, 2.45) is 5.16 Å². The highest BCUT2D eigenvalue weighted by atomic mass is 19.2. The van der Waals surface area contributed by atoms with E-state index in [-0.39, 0.29) is 25.1 Å². The molecule has 1 amide bonds. The number of methoxy groups -OCH3 is 1. The molecule has 0 aromatic carbocycles. The fourth-order valence-electron chi connectivity index (χ4n) is 1.27. The van der Waals surface area contributed by atoms with Crippen molar-refractivity contribution in [3.8, 4) is 0 Å². The van der Waals surface area contributed by atoms with Gasteiger partial charge in [-0.25, -0.2) is 8.78 Å². The molecule has 0 aliphatic rings. The van der Waals surface area contributed by atoms with Crippen LogP contribution in [0.3, 0.4) is 0 Å². The predicted octanol–water partition coefficient (Wildman–Crippen LogP) is 1.92. The number of carbonyl (C=O) groups excluding carboxylic acids is 2. The van der Waals surface area contributed by atoms with Crippen LogP contribution in [0.25, 0.3) is 0 Å². The number of oxime groups is 1. The molecule has 0 aliphatic carbocycles. The smallest absolute Gasteiger partial charge is 0.305 e. The van der Waals surface area contributed by atoms with E-state index in [2.05, 4.69) is 14.7 Å². The van der Waals surface area contributed by atoms with Crippen LogP contribution in [0.5, 0.6) is 0 Å². The largest absolute Gasteiger partial charge is 0.469 e. The number of hydrogen-bond donors (Lipinski definition) is 0. The van der Waals surface area contributed by atoms with E-state index >= 15 is 0 Å². The van der Waals surface area contributed by atoms with Crippen LogP contribution >= 0.6 is 0 Å². The molecule has 0 heterocycles. The summed E-state index contributed by atoms with van der Waals surface area (Å²) in [6, 6.07) is 0. The summed E-state index contributed by atoms with van der Waals surface area (Å²) in [5.41, 5.74) is 0. The van der Waals surface area contributed by atoms with E-state index in [1.54, 1.807) is 0 Å².